The molecule has 0 radical (unpaired) electrons. The largest absolute Gasteiger partial charge is 0.347 e. The molecule has 1 amide bonds. The number of imidazole rings is 1. The van der Waals surface area contributed by atoms with Gasteiger partial charge in [0, 0.05) is 12.5 Å². The molecule has 0 aliphatic heterocycles. The summed E-state index contributed by atoms with van der Waals surface area (Å²) in [6.45, 7) is 1.06. The molecule has 5 nitrogen and oxygen atoms in total. The van der Waals surface area contributed by atoms with E-state index in [1.54, 1.807) is 18.5 Å². The van der Waals surface area contributed by atoms with E-state index < -0.39 is 0 Å². The van der Waals surface area contributed by atoms with Crippen LogP contribution in [0.25, 0.3) is 11.0 Å². The van der Waals surface area contributed by atoms with E-state index in [9.17, 15) is 9.18 Å². The summed E-state index contributed by atoms with van der Waals surface area (Å²) in [6.07, 6.45) is 4.69. The van der Waals surface area contributed by atoms with Crippen LogP contribution >= 0.6 is 0 Å². The van der Waals surface area contributed by atoms with Crippen LogP contribution < -0.4 is 11.1 Å². The lowest BCUT2D eigenvalue weighted by Gasteiger charge is -2.24. The molecule has 3 N–H and O–H groups in total. The topological polar surface area (TPSA) is 72.9 Å². The number of carbonyl (C=O) groups is 1. The van der Waals surface area contributed by atoms with Crippen molar-refractivity contribution in [3.8, 4) is 0 Å². The quantitative estimate of drug-likeness (QED) is 0.688. The van der Waals surface area contributed by atoms with Gasteiger partial charge < -0.3 is 15.6 Å². The molecule has 146 valence electrons. The van der Waals surface area contributed by atoms with Crippen molar-refractivity contribution in [2.24, 2.45) is 17.6 Å². The van der Waals surface area contributed by atoms with Crippen molar-refractivity contribution in [3.05, 3.63) is 66.2 Å². The fourth-order valence-electron chi connectivity index (χ4n) is 4.22. The van der Waals surface area contributed by atoms with Gasteiger partial charge in [0.2, 0.25) is 5.91 Å². The molecule has 1 aromatic heterocycles. The number of nitrogens with one attached hydrogen (secondary N) is 1. The molecule has 0 bridgehead atoms. The van der Waals surface area contributed by atoms with E-state index in [1.165, 1.54) is 12.1 Å². The van der Waals surface area contributed by atoms with Gasteiger partial charge in [0.25, 0.3) is 0 Å². The third-order valence-electron chi connectivity index (χ3n) is 5.79. The Kier molecular flexibility index (Phi) is 5.39. The van der Waals surface area contributed by atoms with Crippen LogP contribution in [-0.2, 0) is 11.3 Å². The summed E-state index contributed by atoms with van der Waals surface area (Å²) in [7, 11) is 0. The molecule has 0 spiro atoms. The predicted octanol–water partition coefficient (Wildman–Crippen LogP) is 3.41. The van der Waals surface area contributed by atoms with Gasteiger partial charge in [0.05, 0.1) is 23.4 Å². The number of aromatic nitrogens is 2. The number of para-hydroxylation sites is 2. The van der Waals surface area contributed by atoms with Crippen LogP contribution in [-0.4, -0.2) is 22.0 Å². The molecule has 1 fully saturated rings. The number of nitrogens with zero attached hydrogens (tertiary/aromatic N) is 2. The number of amides is 1. The molecule has 6 heteroatoms. The van der Waals surface area contributed by atoms with E-state index in [1.807, 2.05) is 28.8 Å². The van der Waals surface area contributed by atoms with E-state index in [-0.39, 0.29) is 29.6 Å². The number of rotatable bonds is 6. The standard InChI is InChI=1S/C22H25FN4O/c23-17-10-8-15(9-11-17)20(26-22(28)18-5-3-4-16(18)12-24)13-27-14-25-19-6-1-2-7-21(19)27/h1-2,6-11,14,16,18,20H,3-5,12-13,24H2,(H,26,28)/t16-,18-,20?/m1/s1. The first-order valence-corrected chi connectivity index (χ1v) is 9.81. The van der Waals surface area contributed by atoms with Gasteiger partial charge in [0.1, 0.15) is 5.82 Å². The summed E-state index contributed by atoms with van der Waals surface area (Å²) in [6, 6.07) is 13.9. The van der Waals surface area contributed by atoms with Crippen molar-refractivity contribution in [3.63, 3.8) is 0 Å². The highest BCUT2D eigenvalue weighted by Crippen LogP contribution is 2.32. The van der Waals surface area contributed by atoms with E-state index in [0.29, 0.717) is 13.1 Å². The average molecular weight is 380 g/mol. The van der Waals surface area contributed by atoms with Crippen molar-refractivity contribution in [1.29, 1.82) is 0 Å². The van der Waals surface area contributed by atoms with Gasteiger partial charge in [-0.15, -0.1) is 0 Å². The lowest BCUT2D eigenvalue weighted by atomic mass is 9.94. The number of hydrogen-bond acceptors (Lipinski definition) is 3. The zero-order valence-corrected chi connectivity index (χ0v) is 15.7. The number of nitrogens with two attached hydrogens (primary N) is 1. The first kappa shape index (κ1) is 18.6. The van der Waals surface area contributed by atoms with Gasteiger partial charge in [-0.3, -0.25) is 4.79 Å². The summed E-state index contributed by atoms with van der Waals surface area (Å²) in [5.74, 6) is -0.0667. The van der Waals surface area contributed by atoms with Crippen LogP contribution in [0.1, 0.15) is 30.9 Å². The molecule has 3 aromatic rings. The third-order valence-corrected chi connectivity index (χ3v) is 5.79. The highest BCUT2D eigenvalue weighted by Gasteiger charge is 2.33. The Labute approximate surface area is 163 Å². The number of halogens is 1. The third kappa shape index (κ3) is 3.78. The minimum Gasteiger partial charge on any atom is -0.347 e. The van der Waals surface area contributed by atoms with Gasteiger partial charge in [-0.25, -0.2) is 9.37 Å². The molecule has 2 aromatic carbocycles. The molecular formula is C22H25FN4O. The van der Waals surface area contributed by atoms with Crippen LogP contribution in [0, 0.1) is 17.7 Å². The monoisotopic (exact) mass is 380 g/mol. The normalized spacial score (nSPS) is 20.4. The number of fused-ring (bicyclic) bond motifs is 1. The maximum absolute atomic E-state index is 13.4. The van der Waals surface area contributed by atoms with Gasteiger partial charge in [0.15, 0.2) is 0 Å². The van der Waals surface area contributed by atoms with Gasteiger partial charge in [-0.2, -0.15) is 0 Å². The Morgan fingerprint density at radius 3 is 2.79 bits per heavy atom. The van der Waals surface area contributed by atoms with E-state index in [4.69, 9.17) is 5.73 Å². The molecule has 1 aliphatic carbocycles. The predicted molar refractivity (Wildman–Crippen MR) is 107 cm³/mol. The minimum atomic E-state index is -0.291. The minimum absolute atomic E-state index is 0.0340. The van der Waals surface area contributed by atoms with E-state index in [0.717, 1.165) is 35.9 Å². The summed E-state index contributed by atoms with van der Waals surface area (Å²) >= 11 is 0. The first-order chi connectivity index (χ1) is 13.7. The smallest absolute Gasteiger partial charge is 0.223 e. The molecule has 28 heavy (non-hydrogen) atoms. The van der Waals surface area contributed by atoms with Crippen molar-refractivity contribution in [1.82, 2.24) is 14.9 Å². The lowest BCUT2D eigenvalue weighted by molar-refractivity contribution is -0.126. The highest BCUT2D eigenvalue weighted by molar-refractivity contribution is 5.80. The van der Waals surface area contributed by atoms with Crippen LogP contribution in [0.3, 0.4) is 0 Å². The van der Waals surface area contributed by atoms with Crippen molar-refractivity contribution >= 4 is 16.9 Å². The second-order valence-corrected chi connectivity index (χ2v) is 7.53. The Morgan fingerprint density at radius 1 is 1.21 bits per heavy atom. The number of carbonyl (C=O) groups excluding carboxylic acids is 1. The van der Waals surface area contributed by atoms with Crippen LogP contribution in [0.15, 0.2) is 54.9 Å². The SMILES string of the molecule is NC[C@H]1CCC[C@H]1C(=O)NC(Cn1cnc2ccccc21)c1ccc(F)cc1. The van der Waals surface area contributed by atoms with Crippen molar-refractivity contribution < 1.29 is 9.18 Å². The number of hydrogen-bond donors (Lipinski definition) is 2. The van der Waals surface area contributed by atoms with E-state index in [2.05, 4.69) is 10.3 Å². The molecule has 1 saturated carbocycles. The second kappa shape index (κ2) is 8.10. The number of benzene rings is 2. The zero-order chi connectivity index (χ0) is 19.5. The van der Waals surface area contributed by atoms with Crippen LogP contribution in [0.5, 0.6) is 0 Å². The molecule has 3 atom stereocenters. The maximum atomic E-state index is 13.4. The summed E-state index contributed by atoms with van der Waals surface area (Å²) in [4.78, 5) is 17.4. The fraction of sp³-hybridized carbons (Fsp3) is 0.364. The zero-order valence-electron chi connectivity index (χ0n) is 15.7. The Balaban J connectivity index is 1.60. The summed E-state index contributed by atoms with van der Waals surface area (Å²) < 4.78 is 15.5. The van der Waals surface area contributed by atoms with E-state index >= 15 is 0 Å². The molecule has 4 rings (SSSR count). The molecule has 1 aliphatic rings. The summed E-state index contributed by atoms with van der Waals surface area (Å²) in [5, 5.41) is 3.20. The Bertz CT molecular complexity index is 953. The van der Waals surface area contributed by atoms with Gasteiger partial charge in [-0.05, 0) is 55.1 Å². The molecule has 0 saturated heterocycles. The molecule has 1 unspecified atom stereocenters. The Hall–Kier alpha value is -2.73. The maximum Gasteiger partial charge on any atom is 0.223 e. The molecule has 1 heterocycles. The first-order valence-electron chi connectivity index (χ1n) is 9.81. The van der Waals surface area contributed by atoms with Gasteiger partial charge in [-0.1, -0.05) is 30.7 Å². The van der Waals surface area contributed by atoms with Crippen LogP contribution in [0.4, 0.5) is 4.39 Å². The fourth-order valence-corrected chi connectivity index (χ4v) is 4.22. The Morgan fingerprint density at radius 2 is 2.00 bits per heavy atom. The molecular weight excluding hydrogens is 355 g/mol. The van der Waals surface area contributed by atoms with Gasteiger partial charge >= 0.3 is 0 Å². The van der Waals surface area contributed by atoms with Crippen LogP contribution in [0.2, 0.25) is 0 Å². The lowest BCUT2D eigenvalue weighted by Crippen LogP contribution is -2.38. The summed E-state index contributed by atoms with van der Waals surface area (Å²) in [5.41, 5.74) is 8.64. The second-order valence-electron chi connectivity index (χ2n) is 7.53. The average Bonchev–Trinajstić information content (AvgIpc) is 3.35. The van der Waals surface area contributed by atoms with Crippen molar-refractivity contribution in [2.45, 2.75) is 31.8 Å². The van der Waals surface area contributed by atoms with Crippen molar-refractivity contribution in [2.75, 3.05) is 6.54 Å². The highest BCUT2D eigenvalue weighted by atomic mass is 19.1.